The molecule has 1 aromatic carbocycles. The molecule has 0 saturated carbocycles. The zero-order valence-corrected chi connectivity index (χ0v) is 13.6. The van der Waals surface area contributed by atoms with Crippen LogP contribution in [0.2, 0.25) is 0 Å². The van der Waals surface area contributed by atoms with E-state index in [1.54, 1.807) is 0 Å². The average Bonchev–Trinajstić information content (AvgIpc) is 3.19. The van der Waals surface area contributed by atoms with E-state index in [4.69, 9.17) is 4.42 Å². The highest BCUT2D eigenvalue weighted by Gasteiger charge is 2.19. The topological polar surface area (TPSA) is 114 Å². The van der Waals surface area contributed by atoms with Gasteiger partial charge >= 0.3 is 5.88 Å². The van der Waals surface area contributed by atoms with Gasteiger partial charge in [-0.3, -0.25) is 14.9 Å². The summed E-state index contributed by atoms with van der Waals surface area (Å²) in [7, 11) is 0. The number of hydrogen-bond acceptors (Lipinski definition) is 5. The van der Waals surface area contributed by atoms with Crippen molar-refractivity contribution in [1.82, 2.24) is 10.4 Å². The molecule has 0 saturated heterocycles. The summed E-state index contributed by atoms with van der Waals surface area (Å²) in [6.45, 7) is 4.02. The van der Waals surface area contributed by atoms with Crippen molar-refractivity contribution in [2.75, 3.05) is 0 Å². The molecule has 2 aromatic heterocycles. The summed E-state index contributed by atoms with van der Waals surface area (Å²) >= 11 is 0. The van der Waals surface area contributed by atoms with Gasteiger partial charge in [0.05, 0.1) is 12.3 Å². The summed E-state index contributed by atoms with van der Waals surface area (Å²) in [5.41, 5.74) is 4.65. The van der Waals surface area contributed by atoms with Crippen LogP contribution in [0.5, 0.6) is 0 Å². The lowest BCUT2D eigenvalue weighted by Gasteiger charge is -2.06. The van der Waals surface area contributed by atoms with Gasteiger partial charge < -0.3 is 9.40 Å². The molecular weight excluding hydrogens is 324 g/mol. The molecule has 0 aliphatic rings. The minimum Gasteiger partial charge on any atom is -0.400 e. The first-order valence-corrected chi connectivity index (χ1v) is 7.65. The van der Waals surface area contributed by atoms with Crippen molar-refractivity contribution in [2.24, 2.45) is 5.10 Å². The van der Waals surface area contributed by atoms with Gasteiger partial charge in [0.1, 0.15) is 10.6 Å². The number of rotatable bonds is 5. The van der Waals surface area contributed by atoms with Crippen molar-refractivity contribution < 1.29 is 14.1 Å². The normalized spacial score (nSPS) is 11.5. The average molecular weight is 340 g/mol. The van der Waals surface area contributed by atoms with E-state index < -0.39 is 10.8 Å². The van der Waals surface area contributed by atoms with E-state index in [-0.39, 0.29) is 17.6 Å². The number of H-pyrrole nitrogens is 1. The quantitative estimate of drug-likeness (QED) is 0.420. The molecule has 0 unspecified atom stereocenters. The summed E-state index contributed by atoms with van der Waals surface area (Å²) in [4.78, 5) is 25.5. The van der Waals surface area contributed by atoms with E-state index >= 15 is 0 Å². The van der Waals surface area contributed by atoms with Crippen LogP contribution in [-0.4, -0.2) is 22.0 Å². The highest BCUT2D eigenvalue weighted by atomic mass is 16.6. The van der Waals surface area contributed by atoms with Crippen molar-refractivity contribution in [3.63, 3.8) is 0 Å². The molecule has 128 valence electrons. The minimum atomic E-state index is -0.644. The standard InChI is InChI=1S/C17H16N4O4/c1-10(2)15-12-5-3-4-6-13(12)19-16(15)17(22)20-18-9-11-7-8-14(25-11)21(23)24/h3-10,19H,1-2H3,(H,20,22)/b18-9+. The molecule has 2 N–H and O–H groups in total. The number of hydrogen-bond donors (Lipinski definition) is 2. The van der Waals surface area contributed by atoms with Crippen LogP contribution in [0, 0.1) is 10.1 Å². The monoisotopic (exact) mass is 340 g/mol. The molecule has 0 atom stereocenters. The second kappa shape index (κ2) is 6.60. The van der Waals surface area contributed by atoms with Crippen molar-refractivity contribution in [3.05, 3.63) is 63.5 Å². The first-order chi connectivity index (χ1) is 12.0. The zero-order chi connectivity index (χ0) is 18.0. The number of para-hydroxylation sites is 1. The lowest BCUT2D eigenvalue weighted by molar-refractivity contribution is -0.402. The van der Waals surface area contributed by atoms with E-state index in [0.29, 0.717) is 5.69 Å². The fourth-order valence-corrected chi connectivity index (χ4v) is 2.66. The number of fused-ring (bicyclic) bond motifs is 1. The first-order valence-electron chi connectivity index (χ1n) is 7.65. The van der Waals surface area contributed by atoms with Crippen LogP contribution in [0.15, 0.2) is 45.9 Å². The second-order valence-electron chi connectivity index (χ2n) is 5.75. The van der Waals surface area contributed by atoms with Crippen molar-refractivity contribution in [3.8, 4) is 0 Å². The maximum Gasteiger partial charge on any atom is 0.433 e. The van der Waals surface area contributed by atoms with E-state index in [9.17, 15) is 14.9 Å². The molecule has 0 bridgehead atoms. The summed E-state index contributed by atoms with van der Waals surface area (Å²) in [6, 6.07) is 10.3. The number of benzene rings is 1. The van der Waals surface area contributed by atoms with Gasteiger partial charge in [0, 0.05) is 10.9 Å². The van der Waals surface area contributed by atoms with E-state index in [0.717, 1.165) is 16.5 Å². The van der Waals surface area contributed by atoms with Crippen LogP contribution < -0.4 is 5.43 Å². The number of nitro groups is 1. The number of carbonyl (C=O) groups is 1. The number of carbonyl (C=O) groups excluding carboxylic acids is 1. The molecule has 0 radical (unpaired) electrons. The Morgan fingerprint density at radius 3 is 2.76 bits per heavy atom. The zero-order valence-electron chi connectivity index (χ0n) is 13.6. The van der Waals surface area contributed by atoms with Crippen molar-refractivity contribution >= 4 is 28.9 Å². The fourth-order valence-electron chi connectivity index (χ4n) is 2.66. The van der Waals surface area contributed by atoms with Gasteiger partial charge in [-0.1, -0.05) is 32.0 Å². The van der Waals surface area contributed by atoms with Gasteiger partial charge in [0.2, 0.25) is 0 Å². The molecule has 0 fully saturated rings. The number of amides is 1. The third-order valence-corrected chi connectivity index (χ3v) is 3.70. The molecule has 3 rings (SSSR count). The first kappa shape index (κ1) is 16.4. The number of aromatic nitrogens is 1. The molecule has 2 heterocycles. The number of aromatic amines is 1. The lowest BCUT2D eigenvalue weighted by Crippen LogP contribution is -2.19. The summed E-state index contributed by atoms with van der Waals surface area (Å²) in [5, 5.41) is 15.4. The molecule has 8 nitrogen and oxygen atoms in total. The Hall–Kier alpha value is -3.42. The Balaban J connectivity index is 1.81. The van der Waals surface area contributed by atoms with E-state index in [2.05, 4.69) is 15.5 Å². The van der Waals surface area contributed by atoms with Crippen LogP contribution in [0.1, 0.15) is 41.6 Å². The van der Waals surface area contributed by atoms with Gasteiger partial charge in [-0.25, -0.2) is 5.43 Å². The third kappa shape index (κ3) is 3.27. The Morgan fingerprint density at radius 1 is 1.32 bits per heavy atom. The molecule has 0 aliphatic carbocycles. The molecule has 8 heteroatoms. The molecule has 1 amide bonds. The largest absolute Gasteiger partial charge is 0.433 e. The highest BCUT2D eigenvalue weighted by molar-refractivity contribution is 6.01. The Morgan fingerprint density at radius 2 is 2.08 bits per heavy atom. The maximum atomic E-state index is 12.4. The minimum absolute atomic E-state index is 0.147. The van der Waals surface area contributed by atoms with Crippen LogP contribution in [0.3, 0.4) is 0 Å². The predicted molar refractivity (Wildman–Crippen MR) is 92.8 cm³/mol. The fraction of sp³-hybridized carbons (Fsp3) is 0.176. The van der Waals surface area contributed by atoms with Crippen molar-refractivity contribution in [1.29, 1.82) is 0 Å². The number of nitrogens with zero attached hydrogens (tertiary/aromatic N) is 2. The Kier molecular flexibility index (Phi) is 4.34. The number of furan rings is 1. The number of nitrogens with one attached hydrogen (secondary N) is 2. The predicted octanol–water partition coefficient (Wildman–Crippen LogP) is 3.56. The lowest BCUT2D eigenvalue weighted by atomic mass is 9.99. The Labute approximate surface area is 142 Å². The highest BCUT2D eigenvalue weighted by Crippen LogP contribution is 2.29. The molecule has 3 aromatic rings. The Bertz CT molecular complexity index is 968. The van der Waals surface area contributed by atoms with Gasteiger partial charge in [0.25, 0.3) is 5.91 Å². The molecule has 0 aliphatic heterocycles. The second-order valence-corrected chi connectivity index (χ2v) is 5.75. The van der Waals surface area contributed by atoms with Crippen molar-refractivity contribution in [2.45, 2.75) is 19.8 Å². The molecule has 25 heavy (non-hydrogen) atoms. The van der Waals surface area contributed by atoms with Gasteiger partial charge in [-0.2, -0.15) is 5.10 Å². The van der Waals surface area contributed by atoms with Gasteiger partial charge in [-0.15, -0.1) is 0 Å². The summed E-state index contributed by atoms with van der Waals surface area (Å²) in [5.74, 6) is -0.455. The molecular formula is C17H16N4O4. The maximum absolute atomic E-state index is 12.4. The smallest absolute Gasteiger partial charge is 0.400 e. The third-order valence-electron chi connectivity index (χ3n) is 3.70. The van der Waals surface area contributed by atoms with Gasteiger partial charge in [0.15, 0.2) is 5.76 Å². The summed E-state index contributed by atoms with van der Waals surface area (Å²) in [6.07, 6.45) is 1.21. The molecule has 0 spiro atoms. The summed E-state index contributed by atoms with van der Waals surface area (Å²) < 4.78 is 4.94. The van der Waals surface area contributed by atoms with Crippen LogP contribution in [0.25, 0.3) is 10.9 Å². The van der Waals surface area contributed by atoms with E-state index in [1.807, 2.05) is 38.1 Å². The van der Waals surface area contributed by atoms with Crippen LogP contribution >= 0.6 is 0 Å². The van der Waals surface area contributed by atoms with Gasteiger partial charge in [-0.05, 0) is 23.6 Å². The SMILES string of the molecule is CC(C)c1c(C(=O)N/N=C/c2ccc([N+](=O)[O-])o2)[nH]c2ccccc12. The van der Waals surface area contributed by atoms with Crippen LogP contribution in [-0.2, 0) is 0 Å². The van der Waals surface area contributed by atoms with E-state index in [1.165, 1.54) is 18.3 Å². The van der Waals surface area contributed by atoms with Crippen LogP contribution in [0.4, 0.5) is 5.88 Å². The number of hydrazone groups is 1.